The minimum Gasteiger partial charge on any atom is -0.616 e. The third kappa shape index (κ3) is 39.6. The summed E-state index contributed by atoms with van der Waals surface area (Å²) in [6.07, 6.45) is 37.0. The van der Waals surface area contributed by atoms with Crippen molar-refractivity contribution in [1.29, 1.82) is 0 Å². The van der Waals surface area contributed by atoms with Crippen LogP contribution in [0, 0.1) is 0 Å². The van der Waals surface area contributed by atoms with Crippen LogP contribution in [0.3, 0.4) is 0 Å². The van der Waals surface area contributed by atoms with E-state index in [1.807, 2.05) is 4.90 Å². The molecule has 0 spiro atoms. The van der Waals surface area contributed by atoms with Crippen molar-refractivity contribution in [2.45, 2.75) is 245 Å². The molecule has 2 amide bonds. The second-order valence-electron chi connectivity index (χ2n) is 16.8. The van der Waals surface area contributed by atoms with Crippen LogP contribution in [0.25, 0.3) is 0 Å². The number of hydrogen-bond donors (Lipinski definition) is 1. The molecule has 58 heavy (non-hydrogen) atoms. The second kappa shape index (κ2) is 43.3. The lowest BCUT2D eigenvalue weighted by molar-refractivity contribution is -0.150. The van der Waals surface area contributed by atoms with Gasteiger partial charge in [0.25, 0.3) is 5.91 Å². The zero-order chi connectivity index (χ0) is 42.7. The second-order valence-corrected chi connectivity index (χ2v) is 18.2. The average Bonchev–Trinajstić information content (AvgIpc) is 3.19. The Balaban J connectivity index is 4.53. The summed E-state index contributed by atoms with van der Waals surface area (Å²) in [6, 6.07) is 0. The Bertz CT molecular complexity index is 950. The molecule has 0 aromatic heterocycles. The number of unbranched alkanes of at least 4 members (excludes halogenated alkanes) is 23. The normalized spacial score (nSPS) is 11.8. The largest absolute Gasteiger partial charge is 0.616 e. The molecular weight excluding hydrogens is 749 g/mol. The first kappa shape index (κ1) is 56.2. The molecule has 0 fully saturated rings. The van der Waals surface area contributed by atoms with E-state index in [2.05, 4.69) is 26.1 Å². The third-order valence-corrected chi connectivity index (χ3v) is 11.7. The summed E-state index contributed by atoms with van der Waals surface area (Å²) in [5.41, 5.74) is 0. The van der Waals surface area contributed by atoms with E-state index in [-0.39, 0.29) is 35.6 Å². The van der Waals surface area contributed by atoms with Crippen LogP contribution in [0.2, 0.25) is 0 Å². The first-order valence-electron chi connectivity index (χ1n) is 24.4. The fourth-order valence-corrected chi connectivity index (χ4v) is 7.85. The van der Waals surface area contributed by atoms with Crippen LogP contribution in [-0.2, 0) is 39.8 Å². The van der Waals surface area contributed by atoms with Crippen molar-refractivity contribution in [2.24, 2.45) is 0 Å². The number of carbonyl (C=O) groups is 4. The molecule has 0 heterocycles. The summed E-state index contributed by atoms with van der Waals surface area (Å²) in [4.78, 5) is 52.1. The first-order valence-corrected chi connectivity index (χ1v) is 26.2. The van der Waals surface area contributed by atoms with Crippen molar-refractivity contribution in [1.82, 2.24) is 10.2 Å². The quantitative estimate of drug-likeness (QED) is 0.0368. The van der Waals surface area contributed by atoms with Gasteiger partial charge in [0.05, 0.1) is 12.9 Å². The molecule has 9 nitrogen and oxygen atoms in total. The Kier molecular flexibility index (Phi) is 41.9. The zero-order valence-electron chi connectivity index (χ0n) is 38.4. The fourth-order valence-electron chi connectivity index (χ4n) is 7.38. The number of hydrogen-bond acceptors (Lipinski definition) is 7. The van der Waals surface area contributed by atoms with Crippen LogP contribution in [0.15, 0.2) is 0 Å². The Hall–Kier alpha value is -1.81. The summed E-state index contributed by atoms with van der Waals surface area (Å²) in [7, 11) is 0. The maximum Gasteiger partial charge on any atom is 0.306 e. The highest BCUT2D eigenvalue weighted by atomic mass is 32.2. The molecule has 10 heteroatoms. The lowest BCUT2D eigenvalue weighted by atomic mass is 10.0. The van der Waals surface area contributed by atoms with Gasteiger partial charge in [-0.3, -0.25) is 19.2 Å². The van der Waals surface area contributed by atoms with E-state index in [9.17, 15) is 23.7 Å². The van der Waals surface area contributed by atoms with E-state index in [1.54, 1.807) is 0 Å². The predicted molar refractivity (Wildman–Crippen MR) is 243 cm³/mol. The first-order chi connectivity index (χ1) is 28.2. The number of esters is 2. The van der Waals surface area contributed by atoms with Crippen molar-refractivity contribution in [3.05, 3.63) is 0 Å². The average molecular weight is 841 g/mol. The molecule has 0 bridgehead atoms. The molecule has 0 aliphatic heterocycles. The summed E-state index contributed by atoms with van der Waals surface area (Å²) in [5.74, 6) is -0.255. The Morgan fingerprint density at radius 3 is 1.50 bits per heavy atom. The fraction of sp³-hybridized carbons (Fsp3) is 0.917. The van der Waals surface area contributed by atoms with Gasteiger partial charge in [0.2, 0.25) is 5.91 Å². The van der Waals surface area contributed by atoms with Crippen LogP contribution >= 0.6 is 0 Å². The maximum atomic E-state index is 13.3. The molecule has 0 aliphatic carbocycles. The lowest BCUT2D eigenvalue weighted by Gasteiger charge is -2.23. The summed E-state index contributed by atoms with van der Waals surface area (Å²) in [5, 5.41) is 2.82. The molecule has 0 saturated heterocycles. The van der Waals surface area contributed by atoms with E-state index in [4.69, 9.17) is 9.47 Å². The summed E-state index contributed by atoms with van der Waals surface area (Å²) >= 11 is -1.18. The van der Waals surface area contributed by atoms with Crippen LogP contribution in [-0.4, -0.2) is 77.6 Å². The number of rotatable bonds is 44. The van der Waals surface area contributed by atoms with Crippen LogP contribution in [0.5, 0.6) is 0 Å². The molecule has 1 unspecified atom stereocenters. The van der Waals surface area contributed by atoms with Crippen molar-refractivity contribution in [2.75, 3.05) is 38.2 Å². The van der Waals surface area contributed by atoms with E-state index >= 15 is 0 Å². The molecule has 0 radical (unpaired) electrons. The van der Waals surface area contributed by atoms with E-state index < -0.39 is 11.2 Å². The van der Waals surface area contributed by atoms with Gasteiger partial charge in [-0.25, -0.2) is 0 Å². The van der Waals surface area contributed by atoms with Crippen LogP contribution in [0.4, 0.5) is 0 Å². The van der Waals surface area contributed by atoms with Gasteiger partial charge < -0.3 is 24.2 Å². The lowest BCUT2D eigenvalue weighted by Crippen LogP contribution is -2.36. The van der Waals surface area contributed by atoms with E-state index in [0.717, 1.165) is 96.3 Å². The van der Waals surface area contributed by atoms with Crippen molar-refractivity contribution in [3.8, 4) is 0 Å². The smallest absolute Gasteiger partial charge is 0.306 e. The Labute approximate surface area is 360 Å². The Morgan fingerprint density at radius 2 is 0.966 bits per heavy atom. The number of nitrogens with one attached hydrogen (secondary N) is 1. The van der Waals surface area contributed by atoms with Crippen molar-refractivity contribution < 1.29 is 33.2 Å². The number of nitrogens with zero attached hydrogens (tertiary/aromatic N) is 1. The molecular formula is C48H92N2O7S. The molecule has 1 atom stereocenters. The zero-order valence-corrected chi connectivity index (χ0v) is 39.2. The van der Waals surface area contributed by atoms with Gasteiger partial charge in [-0.1, -0.05) is 156 Å². The minimum absolute atomic E-state index is 0.00372. The topological polar surface area (TPSA) is 125 Å². The standard InChI is InChI=1S/C48H92N2O7S/c1-5-8-11-14-17-25-32-42-56-47(53)37-29-21-18-24-31-40-50(41-33-39-49-45(51)43-58(4)55)46(52)36-28-22-23-30-38-48(54)57-44(34-26-19-15-12-9-6-2)35-27-20-16-13-10-7-3/h44H,5-43H2,1-4H3,(H,49,51). The molecule has 0 saturated carbocycles. The maximum absolute atomic E-state index is 13.3. The SMILES string of the molecule is CCCCCCCCCOC(=O)CCCCCCCN(CCCNC(=O)C[S+](C)[O-])C(=O)CCCCCCC(=O)OC(CCCCCCCC)CCCCCCCC. The van der Waals surface area contributed by atoms with Gasteiger partial charge in [0.1, 0.15) is 6.10 Å². The van der Waals surface area contributed by atoms with Crippen molar-refractivity contribution in [3.63, 3.8) is 0 Å². The van der Waals surface area contributed by atoms with Gasteiger partial charge >= 0.3 is 11.9 Å². The van der Waals surface area contributed by atoms with Gasteiger partial charge in [0, 0.05) is 38.9 Å². The van der Waals surface area contributed by atoms with Crippen LogP contribution in [0.1, 0.15) is 239 Å². The molecule has 0 aromatic carbocycles. The highest BCUT2D eigenvalue weighted by Gasteiger charge is 2.16. The third-order valence-electron chi connectivity index (χ3n) is 11.0. The molecule has 0 rings (SSSR count). The number of carbonyl (C=O) groups excluding carboxylic acids is 4. The molecule has 0 aliphatic rings. The molecule has 1 N–H and O–H groups in total. The Morgan fingerprint density at radius 1 is 0.534 bits per heavy atom. The minimum atomic E-state index is -1.18. The van der Waals surface area contributed by atoms with E-state index in [1.165, 1.54) is 103 Å². The summed E-state index contributed by atoms with van der Waals surface area (Å²) < 4.78 is 22.8. The highest BCUT2D eigenvalue weighted by molar-refractivity contribution is 7.91. The van der Waals surface area contributed by atoms with Crippen LogP contribution < -0.4 is 5.32 Å². The van der Waals surface area contributed by atoms with Gasteiger partial charge in [-0.2, -0.15) is 0 Å². The van der Waals surface area contributed by atoms with Gasteiger partial charge in [0.15, 0.2) is 5.75 Å². The van der Waals surface area contributed by atoms with Crippen molar-refractivity contribution >= 4 is 34.9 Å². The monoisotopic (exact) mass is 841 g/mol. The highest BCUT2D eigenvalue weighted by Crippen LogP contribution is 2.19. The van der Waals surface area contributed by atoms with Gasteiger partial charge in [-0.15, -0.1) is 0 Å². The van der Waals surface area contributed by atoms with Gasteiger partial charge in [-0.05, 0) is 75.4 Å². The number of amides is 2. The molecule has 0 aromatic rings. The number of ether oxygens (including phenoxy) is 2. The summed E-state index contributed by atoms with van der Waals surface area (Å²) in [6.45, 7) is 8.94. The van der Waals surface area contributed by atoms with E-state index in [0.29, 0.717) is 51.9 Å². The molecule has 342 valence electrons. The predicted octanol–water partition coefficient (Wildman–Crippen LogP) is 12.1.